The summed E-state index contributed by atoms with van der Waals surface area (Å²) in [5.41, 5.74) is 6.67. The van der Waals surface area contributed by atoms with Crippen molar-refractivity contribution in [2.45, 2.75) is 6.54 Å². The van der Waals surface area contributed by atoms with Crippen LogP contribution in [0.15, 0.2) is 34.4 Å². The summed E-state index contributed by atoms with van der Waals surface area (Å²) >= 11 is 6.43. The molecule has 0 atom stereocenters. The number of carbonyl (C=O) groups is 2. The number of carbonyl (C=O) groups excluding carboxylic acids is 2. The number of rotatable bonds is 4. The van der Waals surface area contributed by atoms with E-state index >= 15 is 0 Å². The predicted molar refractivity (Wildman–Crippen MR) is 115 cm³/mol. The minimum atomic E-state index is -0.151. The second-order valence-corrected chi connectivity index (χ2v) is 9.26. The Balaban J connectivity index is 1.38. The monoisotopic (exact) mass is 477 g/mol. The van der Waals surface area contributed by atoms with Gasteiger partial charge in [0.1, 0.15) is 18.7 Å². The third-order valence-corrected chi connectivity index (χ3v) is 7.14. The highest BCUT2D eigenvalue weighted by Crippen LogP contribution is 2.28. The third kappa shape index (κ3) is 4.08. The quantitative estimate of drug-likeness (QED) is 0.583. The summed E-state index contributed by atoms with van der Waals surface area (Å²) in [6, 6.07) is 3.88. The van der Waals surface area contributed by atoms with Crippen LogP contribution < -0.4 is 5.73 Å². The largest absolute Gasteiger partial charge is 0.382 e. The zero-order valence-electron chi connectivity index (χ0n) is 14.7. The van der Waals surface area contributed by atoms with E-state index in [1.807, 2.05) is 17.5 Å². The Bertz CT molecular complexity index is 1080. The van der Waals surface area contributed by atoms with E-state index < -0.39 is 0 Å². The molecule has 0 radical (unpaired) electrons. The highest BCUT2D eigenvalue weighted by atomic mass is 79.9. The topological polar surface area (TPSA) is 92.4 Å². The molecule has 1 saturated heterocycles. The Morgan fingerprint density at radius 2 is 2.18 bits per heavy atom. The maximum Gasteiger partial charge on any atom is 0.247 e. The van der Waals surface area contributed by atoms with Gasteiger partial charge in [-0.3, -0.25) is 9.59 Å². The number of hydrogen-bond acceptors (Lipinski definition) is 7. The summed E-state index contributed by atoms with van der Waals surface area (Å²) < 4.78 is 1.83. The van der Waals surface area contributed by atoms with Crippen LogP contribution in [0.4, 0.5) is 5.82 Å². The number of aromatic nitrogens is 2. The average molecular weight is 478 g/mol. The maximum absolute atomic E-state index is 12.5. The summed E-state index contributed by atoms with van der Waals surface area (Å²) in [6.07, 6.45) is 4.73. The molecule has 144 valence electrons. The van der Waals surface area contributed by atoms with Crippen LogP contribution in [-0.2, 0) is 16.1 Å². The van der Waals surface area contributed by atoms with E-state index in [0.29, 0.717) is 25.5 Å². The van der Waals surface area contributed by atoms with E-state index in [9.17, 15) is 9.59 Å². The molecule has 0 bridgehead atoms. The molecule has 0 aromatic carbocycles. The number of hydrogen-bond donors (Lipinski definition) is 1. The lowest BCUT2D eigenvalue weighted by Crippen LogP contribution is -2.51. The number of piperazine rings is 1. The molecule has 0 saturated carbocycles. The van der Waals surface area contributed by atoms with Gasteiger partial charge in [-0.15, -0.1) is 22.7 Å². The number of anilines is 1. The van der Waals surface area contributed by atoms with E-state index in [2.05, 4.69) is 25.9 Å². The van der Waals surface area contributed by atoms with Gasteiger partial charge in [0, 0.05) is 38.8 Å². The number of nitrogens with zero attached hydrogens (tertiary/aromatic N) is 4. The third-order valence-electron chi connectivity index (χ3n) is 4.34. The van der Waals surface area contributed by atoms with Gasteiger partial charge in [0.2, 0.25) is 11.8 Å². The Labute approximate surface area is 177 Å². The normalized spacial score (nSPS) is 15.1. The zero-order chi connectivity index (χ0) is 19.7. The molecule has 0 unspecified atom stereocenters. The molecule has 4 rings (SSSR count). The van der Waals surface area contributed by atoms with Gasteiger partial charge in [0.05, 0.1) is 16.8 Å². The van der Waals surface area contributed by atoms with Crippen molar-refractivity contribution in [1.29, 1.82) is 0 Å². The van der Waals surface area contributed by atoms with E-state index in [-0.39, 0.29) is 18.4 Å². The Morgan fingerprint density at radius 1 is 1.32 bits per heavy atom. The van der Waals surface area contributed by atoms with Gasteiger partial charge in [0.25, 0.3) is 0 Å². The summed E-state index contributed by atoms with van der Waals surface area (Å²) in [5.74, 6) is 0.235. The van der Waals surface area contributed by atoms with Gasteiger partial charge >= 0.3 is 0 Å². The summed E-state index contributed by atoms with van der Waals surface area (Å²) in [6.45, 7) is 1.58. The number of nitrogens with two attached hydrogens (primary N) is 1. The van der Waals surface area contributed by atoms with Crippen LogP contribution in [0, 0.1) is 0 Å². The fourth-order valence-electron chi connectivity index (χ4n) is 2.93. The lowest BCUT2D eigenvalue weighted by atomic mass is 10.2. The van der Waals surface area contributed by atoms with Crippen molar-refractivity contribution in [2.75, 3.05) is 25.4 Å². The SMILES string of the molecule is Nc1ncnc2cc(CN3CCN(C(=O)/C=C/c4cc(Br)cs4)CC3=O)sc12. The number of fused-ring (bicyclic) bond motifs is 1. The van der Waals surface area contributed by atoms with Crippen LogP contribution >= 0.6 is 38.6 Å². The molecule has 1 fully saturated rings. The summed E-state index contributed by atoms with van der Waals surface area (Å²) in [5, 5.41) is 1.96. The Kier molecular flexibility index (Phi) is 5.42. The van der Waals surface area contributed by atoms with Crippen molar-refractivity contribution in [3.8, 4) is 0 Å². The van der Waals surface area contributed by atoms with Gasteiger partial charge in [-0.1, -0.05) is 0 Å². The summed E-state index contributed by atoms with van der Waals surface area (Å²) in [7, 11) is 0. The zero-order valence-corrected chi connectivity index (χ0v) is 17.9. The van der Waals surface area contributed by atoms with E-state index in [4.69, 9.17) is 5.73 Å². The standard InChI is InChI=1S/C18H16BrN5O2S2/c19-11-5-12(27-9-11)1-2-15(25)24-4-3-23(16(26)8-24)7-13-6-14-17(28-13)18(20)22-10-21-14/h1-2,5-6,9-10H,3-4,7-8H2,(H2,20,21,22)/b2-1+. The molecule has 1 aliphatic heterocycles. The smallest absolute Gasteiger partial charge is 0.247 e. The second-order valence-electron chi connectivity index (χ2n) is 6.26. The average Bonchev–Trinajstić information content (AvgIpc) is 3.28. The number of nitrogen functional groups attached to an aromatic ring is 1. The van der Waals surface area contributed by atoms with E-state index in [0.717, 1.165) is 24.4 Å². The Hall–Kier alpha value is -2.30. The van der Waals surface area contributed by atoms with Crippen molar-refractivity contribution in [3.05, 3.63) is 44.1 Å². The van der Waals surface area contributed by atoms with Crippen molar-refractivity contribution >= 4 is 72.5 Å². The highest BCUT2D eigenvalue weighted by molar-refractivity contribution is 9.10. The van der Waals surface area contributed by atoms with E-state index in [1.165, 1.54) is 23.7 Å². The van der Waals surface area contributed by atoms with Crippen LogP contribution in [0.25, 0.3) is 16.3 Å². The molecule has 3 aromatic heterocycles. The first-order valence-corrected chi connectivity index (χ1v) is 11.0. The number of amides is 2. The van der Waals surface area contributed by atoms with Crippen LogP contribution in [0.2, 0.25) is 0 Å². The van der Waals surface area contributed by atoms with Crippen LogP contribution in [0.5, 0.6) is 0 Å². The predicted octanol–water partition coefficient (Wildman–Crippen LogP) is 2.98. The van der Waals surface area contributed by atoms with Crippen LogP contribution in [0.3, 0.4) is 0 Å². The molecule has 0 spiro atoms. The van der Waals surface area contributed by atoms with E-state index in [1.54, 1.807) is 27.2 Å². The Morgan fingerprint density at radius 3 is 2.89 bits per heavy atom. The number of thiophene rings is 2. The summed E-state index contributed by atoms with van der Waals surface area (Å²) in [4.78, 5) is 38.4. The van der Waals surface area contributed by atoms with Gasteiger partial charge in [-0.2, -0.15) is 0 Å². The molecule has 4 heterocycles. The van der Waals surface area contributed by atoms with Crippen molar-refractivity contribution in [2.24, 2.45) is 0 Å². The van der Waals surface area contributed by atoms with Crippen LogP contribution in [-0.4, -0.2) is 51.2 Å². The van der Waals surface area contributed by atoms with Crippen molar-refractivity contribution < 1.29 is 9.59 Å². The first-order valence-electron chi connectivity index (χ1n) is 8.47. The second kappa shape index (κ2) is 7.98. The lowest BCUT2D eigenvalue weighted by Gasteiger charge is -2.33. The van der Waals surface area contributed by atoms with Crippen molar-refractivity contribution in [1.82, 2.24) is 19.8 Å². The first kappa shape index (κ1) is 19.0. The molecule has 0 aliphatic carbocycles. The fourth-order valence-corrected chi connectivity index (χ4v) is 5.29. The fraction of sp³-hybridized carbons (Fsp3) is 0.222. The maximum atomic E-state index is 12.5. The molecule has 3 aromatic rings. The molecular weight excluding hydrogens is 462 g/mol. The molecule has 10 heteroatoms. The van der Waals surface area contributed by atoms with Gasteiger partial charge < -0.3 is 15.5 Å². The van der Waals surface area contributed by atoms with Gasteiger partial charge in [0.15, 0.2) is 0 Å². The molecule has 1 aliphatic rings. The molecule has 2 amide bonds. The van der Waals surface area contributed by atoms with Crippen LogP contribution in [0.1, 0.15) is 9.75 Å². The molecule has 2 N–H and O–H groups in total. The number of halogens is 1. The minimum Gasteiger partial charge on any atom is -0.382 e. The van der Waals surface area contributed by atoms with Crippen molar-refractivity contribution in [3.63, 3.8) is 0 Å². The molecule has 28 heavy (non-hydrogen) atoms. The lowest BCUT2D eigenvalue weighted by molar-refractivity contribution is -0.143. The first-order chi connectivity index (χ1) is 13.5. The molecular formula is C18H16BrN5O2S2. The highest BCUT2D eigenvalue weighted by Gasteiger charge is 2.26. The van der Waals surface area contributed by atoms with Gasteiger partial charge in [-0.05, 0) is 34.1 Å². The minimum absolute atomic E-state index is 0.0663. The molecule has 7 nitrogen and oxygen atoms in total. The van der Waals surface area contributed by atoms with Gasteiger partial charge in [-0.25, -0.2) is 9.97 Å².